The Labute approximate surface area is 127 Å². The zero-order valence-corrected chi connectivity index (χ0v) is 13.6. The molecule has 0 aromatic heterocycles. The van der Waals surface area contributed by atoms with Crippen molar-refractivity contribution in [3.63, 3.8) is 0 Å². The van der Waals surface area contributed by atoms with E-state index in [0.717, 1.165) is 31.2 Å². The third-order valence-electron chi connectivity index (χ3n) is 4.08. The van der Waals surface area contributed by atoms with Gasteiger partial charge in [0.25, 0.3) is 0 Å². The highest BCUT2D eigenvalue weighted by molar-refractivity contribution is 6.33. The summed E-state index contributed by atoms with van der Waals surface area (Å²) in [4.78, 5) is 4.79. The van der Waals surface area contributed by atoms with E-state index in [4.69, 9.17) is 11.6 Å². The molecule has 1 heterocycles. The molecular weight excluding hydrogens is 270 g/mol. The number of anilines is 1. The van der Waals surface area contributed by atoms with Gasteiger partial charge < -0.3 is 15.1 Å². The van der Waals surface area contributed by atoms with E-state index in [0.29, 0.717) is 6.04 Å². The second kappa shape index (κ2) is 7.30. The van der Waals surface area contributed by atoms with Crippen molar-refractivity contribution in [1.29, 1.82) is 0 Å². The standard InChI is InChI=1S/C16H26ClN3/c1-4-18-11-13-7-5-9-15(17)16(13)20-10-6-8-14(12-20)19(2)3/h5,7,9,14,18H,4,6,8,10-12H2,1-3H3. The summed E-state index contributed by atoms with van der Waals surface area (Å²) >= 11 is 6.49. The van der Waals surface area contributed by atoms with Crippen molar-refractivity contribution in [2.75, 3.05) is 38.6 Å². The van der Waals surface area contributed by atoms with Gasteiger partial charge in [-0.15, -0.1) is 0 Å². The monoisotopic (exact) mass is 295 g/mol. The molecule has 1 aromatic rings. The molecular formula is C16H26ClN3. The summed E-state index contributed by atoms with van der Waals surface area (Å²) in [5.41, 5.74) is 2.53. The number of nitrogens with zero attached hydrogens (tertiary/aromatic N) is 2. The molecule has 0 bridgehead atoms. The molecule has 0 aliphatic carbocycles. The van der Waals surface area contributed by atoms with Gasteiger partial charge in [-0.2, -0.15) is 0 Å². The molecule has 0 radical (unpaired) electrons. The smallest absolute Gasteiger partial charge is 0.0642 e. The van der Waals surface area contributed by atoms with Crippen LogP contribution in [0, 0.1) is 0 Å². The summed E-state index contributed by atoms with van der Waals surface area (Å²) in [7, 11) is 4.33. The highest BCUT2D eigenvalue weighted by Crippen LogP contribution is 2.32. The lowest BCUT2D eigenvalue weighted by Crippen LogP contribution is -2.45. The molecule has 0 saturated carbocycles. The van der Waals surface area contributed by atoms with Crippen LogP contribution in [0.1, 0.15) is 25.3 Å². The third kappa shape index (κ3) is 3.66. The van der Waals surface area contributed by atoms with Crippen LogP contribution in [0.5, 0.6) is 0 Å². The maximum absolute atomic E-state index is 6.49. The first-order chi connectivity index (χ1) is 9.63. The Morgan fingerprint density at radius 3 is 2.90 bits per heavy atom. The number of nitrogens with one attached hydrogen (secondary N) is 1. The maximum atomic E-state index is 6.49. The van der Waals surface area contributed by atoms with Crippen LogP contribution in [0.3, 0.4) is 0 Å². The quantitative estimate of drug-likeness (QED) is 0.901. The van der Waals surface area contributed by atoms with E-state index in [-0.39, 0.29) is 0 Å². The fourth-order valence-corrected chi connectivity index (χ4v) is 3.21. The molecule has 0 amide bonds. The predicted octanol–water partition coefficient (Wildman–Crippen LogP) is 2.98. The molecule has 1 aromatic carbocycles. The lowest BCUT2D eigenvalue weighted by atomic mass is 10.0. The van der Waals surface area contributed by atoms with E-state index in [1.54, 1.807) is 0 Å². The van der Waals surface area contributed by atoms with Gasteiger partial charge in [0.15, 0.2) is 0 Å². The molecule has 1 atom stereocenters. The Morgan fingerprint density at radius 2 is 2.20 bits per heavy atom. The third-order valence-corrected chi connectivity index (χ3v) is 4.38. The van der Waals surface area contributed by atoms with Crippen LogP contribution in [0.15, 0.2) is 18.2 Å². The second-order valence-electron chi connectivity index (χ2n) is 5.73. The van der Waals surface area contributed by atoms with Crippen molar-refractivity contribution in [3.8, 4) is 0 Å². The number of hydrogen-bond acceptors (Lipinski definition) is 3. The van der Waals surface area contributed by atoms with Gasteiger partial charge in [-0.1, -0.05) is 30.7 Å². The number of benzene rings is 1. The van der Waals surface area contributed by atoms with E-state index in [1.807, 2.05) is 12.1 Å². The second-order valence-corrected chi connectivity index (χ2v) is 6.14. The first-order valence-corrected chi connectivity index (χ1v) is 7.90. The minimum Gasteiger partial charge on any atom is -0.368 e. The average Bonchev–Trinajstić information content (AvgIpc) is 2.45. The van der Waals surface area contributed by atoms with Crippen molar-refractivity contribution < 1.29 is 0 Å². The summed E-state index contributed by atoms with van der Waals surface area (Å²) in [5, 5.41) is 4.28. The van der Waals surface area contributed by atoms with Gasteiger partial charge in [0.1, 0.15) is 0 Å². The van der Waals surface area contributed by atoms with Crippen LogP contribution in [-0.2, 0) is 6.54 Å². The van der Waals surface area contributed by atoms with Crippen molar-refractivity contribution >= 4 is 17.3 Å². The van der Waals surface area contributed by atoms with E-state index < -0.39 is 0 Å². The van der Waals surface area contributed by atoms with E-state index in [9.17, 15) is 0 Å². The van der Waals surface area contributed by atoms with Gasteiger partial charge in [0.2, 0.25) is 0 Å². The van der Waals surface area contributed by atoms with Gasteiger partial charge >= 0.3 is 0 Å². The van der Waals surface area contributed by atoms with E-state index in [2.05, 4.69) is 42.2 Å². The number of piperidine rings is 1. The van der Waals surface area contributed by atoms with Crippen LogP contribution in [-0.4, -0.2) is 44.7 Å². The predicted molar refractivity (Wildman–Crippen MR) is 87.8 cm³/mol. The number of para-hydroxylation sites is 1. The highest BCUT2D eigenvalue weighted by Gasteiger charge is 2.24. The summed E-state index contributed by atoms with van der Waals surface area (Å²) in [6, 6.07) is 6.85. The molecule has 1 aliphatic rings. The van der Waals surface area contributed by atoms with Gasteiger partial charge in [0, 0.05) is 25.7 Å². The molecule has 0 spiro atoms. The minimum atomic E-state index is 0.618. The van der Waals surface area contributed by atoms with Gasteiger partial charge in [-0.3, -0.25) is 0 Å². The highest BCUT2D eigenvalue weighted by atomic mass is 35.5. The van der Waals surface area contributed by atoms with Crippen LogP contribution < -0.4 is 10.2 Å². The van der Waals surface area contributed by atoms with Crippen LogP contribution in [0.25, 0.3) is 0 Å². The molecule has 3 nitrogen and oxygen atoms in total. The van der Waals surface area contributed by atoms with E-state index in [1.165, 1.54) is 24.1 Å². The molecule has 1 saturated heterocycles. The summed E-state index contributed by atoms with van der Waals surface area (Å²) in [6.45, 7) is 6.16. The Kier molecular flexibility index (Phi) is 5.70. The van der Waals surface area contributed by atoms with Crippen LogP contribution in [0.2, 0.25) is 5.02 Å². The van der Waals surface area contributed by atoms with Crippen molar-refractivity contribution in [3.05, 3.63) is 28.8 Å². The molecule has 20 heavy (non-hydrogen) atoms. The van der Waals surface area contributed by atoms with Crippen molar-refractivity contribution in [2.24, 2.45) is 0 Å². The molecule has 4 heteroatoms. The lowest BCUT2D eigenvalue weighted by molar-refractivity contribution is 0.258. The normalized spacial score (nSPS) is 19.6. The number of hydrogen-bond donors (Lipinski definition) is 1. The Balaban J connectivity index is 2.21. The van der Waals surface area contributed by atoms with Crippen molar-refractivity contribution in [1.82, 2.24) is 10.2 Å². The van der Waals surface area contributed by atoms with Crippen molar-refractivity contribution in [2.45, 2.75) is 32.4 Å². The molecule has 1 N–H and O–H groups in total. The number of likely N-dealkylation sites (N-methyl/N-ethyl adjacent to an activating group) is 1. The fourth-order valence-electron chi connectivity index (χ4n) is 2.90. The summed E-state index contributed by atoms with van der Waals surface area (Å²) in [6.07, 6.45) is 2.51. The largest absolute Gasteiger partial charge is 0.368 e. The fraction of sp³-hybridized carbons (Fsp3) is 0.625. The van der Waals surface area contributed by atoms with Gasteiger partial charge in [0.05, 0.1) is 10.7 Å². The zero-order chi connectivity index (χ0) is 14.5. The molecule has 1 fully saturated rings. The Bertz CT molecular complexity index is 434. The number of halogens is 1. The maximum Gasteiger partial charge on any atom is 0.0642 e. The molecule has 1 aliphatic heterocycles. The average molecular weight is 296 g/mol. The van der Waals surface area contributed by atoms with Gasteiger partial charge in [-0.05, 0) is 45.1 Å². The topological polar surface area (TPSA) is 18.5 Å². The molecule has 2 rings (SSSR count). The first-order valence-electron chi connectivity index (χ1n) is 7.53. The summed E-state index contributed by atoms with van der Waals surface area (Å²) in [5.74, 6) is 0. The lowest BCUT2D eigenvalue weighted by Gasteiger charge is -2.38. The van der Waals surface area contributed by atoms with E-state index >= 15 is 0 Å². The first kappa shape index (κ1) is 15.6. The SMILES string of the molecule is CCNCc1cccc(Cl)c1N1CCCC(N(C)C)C1. The zero-order valence-electron chi connectivity index (χ0n) is 12.8. The van der Waals surface area contributed by atoms with Gasteiger partial charge in [-0.25, -0.2) is 0 Å². The minimum absolute atomic E-state index is 0.618. The Morgan fingerprint density at radius 1 is 1.40 bits per heavy atom. The molecule has 1 unspecified atom stereocenters. The Hall–Kier alpha value is -0.770. The molecule has 112 valence electrons. The summed E-state index contributed by atoms with van der Waals surface area (Å²) < 4.78 is 0. The van der Waals surface area contributed by atoms with Crippen LogP contribution in [0.4, 0.5) is 5.69 Å². The number of rotatable bonds is 5. The van der Waals surface area contributed by atoms with Crippen LogP contribution >= 0.6 is 11.6 Å².